The fourth-order valence-electron chi connectivity index (χ4n) is 4.28. The van der Waals surface area contributed by atoms with E-state index in [2.05, 4.69) is 46.5 Å². The first-order valence-corrected chi connectivity index (χ1v) is 12.9. The second-order valence-electron chi connectivity index (χ2n) is 9.57. The zero-order chi connectivity index (χ0) is 29.6. The minimum absolute atomic E-state index is 0.0129. The average Bonchev–Trinajstić information content (AvgIpc) is 2.96. The molecule has 3 heterocycles. The number of hydrogen-bond donors (Lipinski definition) is 3. The number of benzene rings is 2. The van der Waals surface area contributed by atoms with E-state index in [0.717, 1.165) is 22.6 Å². The summed E-state index contributed by atoms with van der Waals surface area (Å²) in [5.74, 6) is -0.261. The van der Waals surface area contributed by atoms with E-state index in [1.54, 1.807) is 48.5 Å². The smallest absolute Gasteiger partial charge is 0.241 e. The number of aromatic amines is 1. The Kier molecular flexibility index (Phi) is 7.88. The van der Waals surface area contributed by atoms with E-state index in [0.29, 0.717) is 24.2 Å². The van der Waals surface area contributed by atoms with Crippen molar-refractivity contribution in [3.8, 4) is 12.1 Å². The summed E-state index contributed by atoms with van der Waals surface area (Å²) in [7, 11) is 0. The third kappa shape index (κ3) is 6.08. The summed E-state index contributed by atoms with van der Waals surface area (Å²) in [5, 5.41) is 43.3. The van der Waals surface area contributed by atoms with Crippen molar-refractivity contribution < 1.29 is 14.0 Å². The van der Waals surface area contributed by atoms with Gasteiger partial charge in [0.05, 0.1) is 22.8 Å². The third-order valence-electron chi connectivity index (χ3n) is 6.45. The van der Waals surface area contributed by atoms with Gasteiger partial charge in [0.25, 0.3) is 0 Å². The Morgan fingerprint density at radius 2 is 1.14 bits per heavy atom. The van der Waals surface area contributed by atoms with Gasteiger partial charge in [0, 0.05) is 24.7 Å². The Labute approximate surface area is 238 Å². The molecule has 14 heteroatoms. The molecule has 0 radical (unpaired) electrons. The van der Waals surface area contributed by atoms with Crippen LogP contribution in [-0.4, -0.2) is 28.2 Å². The van der Waals surface area contributed by atoms with E-state index in [1.165, 1.54) is 0 Å². The Bertz CT molecular complexity index is 1710. The molecule has 0 bridgehead atoms. The number of hydrazone groups is 2. The molecule has 208 valence electrons. The van der Waals surface area contributed by atoms with Gasteiger partial charge in [0.2, 0.25) is 34.3 Å². The lowest BCUT2D eigenvalue weighted by molar-refractivity contribution is -0.122. The first-order valence-electron chi connectivity index (χ1n) is 12.9. The molecule has 0 saturated heterocycles. The quantitative estimate of drug-likeness (QED) is 0.386. The van der Waals surface area contributed by atoms with Gasteiger partial charge in [-0.25, -0.2) is 10.9 Å². The lowest BCUT2D eigenvalue weighted by Gasteiger charge is -2.19. The molecule has 1 aromatic heterocycles. The highest BCUT2D eigenvalue weighted by Crippen LogP contribution is 2.22. The monoisotopic (exact) mass is 561 g/mol. The molecule has 3 N–H and O–H groups in total. The van der Waals surface area contributed by atoms with Crippen molar-refractivity contribution in [2.24, 2.45) is 42.5 Å². The first-order chi connectivity index (χ1) is 20.3. The van der Waals surface area contributed by atoms with E-state index >= 15 is 0 Å². The number of carbonyl (C=O) groups is 2. The third-order valence-corrected chi connectivity index (χ3v) is 6.45. The number of rotatable bonds is 6. The SMILES string of the molecule is C[C@@H]1CC(=O)NN=C1c1ccc(N=NC(C#N)=c2[nH]/c(=C(/C#N)N=Nc3ccc(C4=NNC(=O)C[C@H]4C)cc3)o2)cc1. The molecule has 0 aliphatic carbocycles. The molecule has 42 heavy (non-hydrogen) atoms. The summed E-state index contributed by atoms with van der Waals surface area (Å²) in [4.78, 5) is 25.7. The van der Waals surface area contributed by atoms with Gasteiger partial charge >= 0.3 is 0 Å². The van der Waals surface area contributed by atoms with Crippen LogP contribution in [0.1, 0.15) is 37.8 Å². The number of azo groups is 2. The van der Waals surface area contributed by atoms with Crippen LogP contribution in [0.5, 0.6) is 0 Å². The predicted octanol–water partition coefficient (Wildman–Crippen LogP) is 3.16. The lowest BCUT2D eigenvalue weighted by Crippen LogP contribution is -2.32. The fraction of sp³-hybridized carbons (Fsp3) is 0.214. The van der Waals surface area contributed by atoms with Crippen LogP contribution >= 0.6 is 0 Å². The summed E-state index contributed by atoms with van der Waals surface area (Å²) in [6.07, 6.45) is 0.729. The summed E-state index contributed by atoms with van der Waals surface area (Å²) in [6.45, 7) is 3.86. The maximum atomic E-state index is 11.5. The minimum atomic E-state index is -0.128. The molecule has 0 fully saturated rings. The van der Waals surface area contributed by atoms with Crippen LogP contribution in [0, 0.1) is 34.5 Å². The van der Waals surface area contributed by atoms with Gasteiger partial charge in [0.15, 0.2) is 0 Å². The molecule has 14 nitrogen and oxygen atoms in total. The van der Waals surface area contributed by atoms with Crippen molar-refractivity contribution >= 4 is 46.0 Å². The highest BCUT2D eigenvalue weighted by molar-refractivity contribution is 6.06. The van der Waals surface area contributed by atoms with Gasteiger partial charge < -0.3 is 4.42 Å². The van der Waals surface area contributed by atoms with Crippen LogP contribution in [0.2, 0.25) is 0 Å². The molecule has 2 amide bonds. The number of carbonyl (C=O) groups excluding carboxylic acids is 2. The van der Waals surface area contributed by atoms with Gasteiger partial charge in [-0.05, 0) is 35.4 Å². The van der Waals surface area contributed by atoms with Gasteiger partial charge in [0.1, 0.15) is 12.1 Å². The van der Waals surface area contributed by atoms with Crippen LogP contribution in [-0.2, 0) is 9.59 Å². The molecular weight excluding hydrogens is 538 g/mol. The molecule has 0 spiro atoms. The van der Waals surface area contributed by atoms with E-state index in [1.807, 2.05) is 26.0 Å². The van der Waals surface area contributed by atoms with E-state index in [4.69, 9.17) is 4.42 Å². The van der Waals surface area contributed by atoms with Crippen molar-refractivity contribution in [1.29, 1.82) is 10.5 Å². The second-order valence-corrected chi connectivity index (χ2v) is 9.57. The van der Waals surface area contributed by atoms with Crippen LogP contribution in [0.4, 0.5) is 11.4 Å². The Balaban J connectivity index is 1.29. The number of hydrogen-bond acceptors (Lipinski definition) is 11. The molecule has 5 rings (SSSR count). The summed E-state index contributed by atoms with van der Waals surface area (Å²) in [5.41, 5.74) is 8.98. The zero-order valence-electron chi connectivity index (χ0n) is 22.5. The Morgan fingerprint density at radius 1 is 0.762 bits per heavy atom. The van der Waals surface area contributed by atoms with Crippen LogP contribution in [0.3, 0.4) is 0 Å². The predicted molar refractivity (Wildman–Crippen MR) is 149 cm³/mol. The maximum absolute atomic E-state index is 11.5. The number of nitriles is 2. The molecular formula is C28H23N11O3. The Morgan fingerprint density at radius 3 is 1.48 bits per heavy atom. The number of nitrogens with one attached hydrogen (secondary N) is 3. The van der Waals surface area contributed by atoms with E-state index in [-0.39, 0.29) is 46.1 Å². The average molecular weight is 562 g/mol. The van der Waals surface area contributed by atoms with E-state index < -0.39 is 0 Å². The molecule has 0 unspecified atom stereocenters. The summed E-state index contributed by atoms with van der Waals surface area (Å²) < 4.78 is 5.46. The van der Waals surface area contributed by atoms with Crippen LogP contribution in [0.15, 0.2) is 83.6 Å². The van der Waals surface area contributed by atoms with Crippen molar-refractivity contribution in [3.63, 3.8) is 0 Å². The molecule has 2 atom stereocenters. The molecule has 2 aromatic carbocycles. The van der Waals surface area contributed by atoms with Crippen molar-refractivity contribution in [1.82, 2.24) is 15.8 Å². The second kappa shape index (κ2) is 12.0. The summed E-state index contributed by atoms with van der Waals surface area (Å²) >= 11 is 0. The molecule has 0 saturated carbocycles. The van der Waals surface area contributed by atoms with Gasteiger partial charge in [-0.3, -0.25) is 14.6 Å². The normalized spacial score (nSPS) is 20.3. The minimum Gasteiger partial charge on any atom is -0.418 e. The van der Waals surface area contributed by atoms with Crippen LogP contribution in [0.25, 0.3) is 11.4 Å². The van der Waals surface area contributed by atoms with Crippen molar-refractivity contribution in [3.05, 3.63) is 70.7 Å². The van der Waals surface area contributed by atoms with Crippen molar-refractivity contribution in [2.45, 2.75) is 26.7 Å². The zero-order valence-corrected chi connectivity index (χ0v) is 22.5. The first kappa shape index (κ1) is 27.5. The van der Waals surface area contributed by atoms with Crippen molar-refractivity contribution in [2.75, 3.05) is 0 Å². The molecule has 2 aliphatic rings. The van der Waals surface area contributed by atoms with Gasteiger partial charge in [-0.1, -0.05) is 38.1 Å². The van der Waals surface area contributed by atoms with Crippen LogP contribution < -0.4 is 21.9 Å². The summed E-state index contributed by atoms with van der Waals surface area (Å²) in [6, 6.07) is 17.9. The molecule has 2 aliphatic heterocycles. The lowest BCUT2D eigenvalue weighted by atomic mass is 9.94. The highest BCUT2D eigenvalue weighted by atomic mass is 16.4. The number of amides is 2. The Hall–Kier alpha value is -6.02. The number of H-pyrrole nitrogens is 1. The molecule has 3 aromatic rings. The van der Waals surface area contributed by atoms with E-state index in [9.17, 15) is 20.1 Å². The standard InChI is InChI=1S/C28H23N11O3/c1-15-11-23(40)36-38-25(15)17-3-7-19(8-4-17)32-34-21(13-29)27-31-28(42-27)22(14-30)35-33-20-9-5-18(6-10-20)26-16(2)12-24(41)37-39-26/h3-10,15-16,31H,11-12H2,1-2H3,(H,36,40)(H,37,41)/b27-21+,28-22?,34-32?,35-33?/t15-,16-/m1/s1. The van der Waals surface area contributed by atoms with Gasteiger partial charge in [-0.15, -0.1) is 20.5 Å². The fourth-order valence-corrected chi connectivity index (χ4v) is 4.28. The maximum Gasteiger partial charge on any atom is 0.241 e. The highest BCUT2D eigenvalue weighted by Gasteiger charge is 2.22. The number of nitrogens with zero attached hydrogens (tertiary/aromatic N) is 8. The largest absolute Gasteiger partial charge is 0.418 e. The topological polar surface area (TPSA) is 209 Å². The van der Waals surface area contributed by atoms with Gasteiger partial charge in [-0.2, -0.15) is 20.7 Å². The number of aromatic nitrogens is 1.